The average molecular weight is 324 g/mol. The third kappa shape index (κ3) is 3.11. The molecular formula is C18H16N2O2S. The van der Waals surface area contributed by atoms with Crippen molar-refractivity contribution in [1.82, 2.24) is 10.3 Å². The Bertz CT molecular complexity index is 839. The lowest BCUT2D eigenvalue weighted by Crippen LogP contribution is -2.24. The fraction of sp³-hybridized carbons (Fsp3) is 0.222. The minimum atomic E-state index is 0.0168. The number of carbonyl (C=O) groups excluding carboxylic acids is 1. The molecule has 2 heterocycles. The predicted octanol–water partition coefficient (Wildman–Crippen LogP) is 3.19. The summed E-state index contributed by atoms with van der Waals surface area (Å²) in [4.78, 5) is 16.7. The molecule has 0 radical (unpaired) electrons. The summed E-state index contributed by atoms with van der Waals surface area (Å²) in [5, 5.41) is 3.89. The number of rotatable bonds is 4. The zero-order valence-electron chi connectivity index (χ0n) is 12.5. The average Bonchev–Trinajstić information content (AvgIpc) is 3.18. The van der Waals surface area contributed by atoms with E-state index < -0.39 is 0 Å². The topological polar surface area (TPSA) is 51.2 Å². The Balaban J connectivity index is 1.38. The normalized spacial score (nSPS) is 13.2. The van der Waals surface area contributed by atoms with Crippen molar-refractivity contribution in [3.05, 3.63) is 64.2 Å². The summed E-state index contributed by atoms with van der Waals surface area (Å²) in [5.41, 5.74) is 4.43. The maximum absolute atomic E-state index is 12.1. The molecule has 0 bridgehead atoms. The first kappa shape index (κ1) is 14.4. The number of nitrogens with one attached hydrogen (secondary N) is 1. The lowest BCUT2D eigenvalue weighted by molar-refractivity contribution is -0.120. The molecule has 0 atom stereocenters. The highest BCUT2D eigenvalue weighted by Crippen LogP contribution is 2.22. The Labute approximate surface area is 138 Å². The molecule has 2 aromatic carbocycles. The number of thiazole rings is 1. The summed E-state index contributed by atoms with van der Waals surface area (Å²) in [5.74, 6) is 0.0168. The van der Waals surface area contributed by atoms with Crippen LogP contribution in [0.4, 0.5) is 0 Å². The van der Waals surface area contributed by atoms with Crippen LogP contribution in [0.5, 0.6) is 0 Å². The van der Waals surface area contributed by atoms with Crippen molar-refractivity contribution in [2.24, 2.45) is 0 Å². The van der Waals surface area contributed by atoms with Crippen LogP contribution in [-0.2, 0) is 35.7 Å². The van der Waals surface area contributed by atoms with E-state index in [1.54, 1.807) is 11.3 Å². The van der Waals surface area contributed by atoms with Crippen LogP contribution in [0, 0.1) is 0 Å². The van der Waals surface area contributed by atoms with E-state index in [9.17, 15) is 4.79 Å². The van der Waals surface area contributed by atoms with E-state index in [2.05, 4.69) is 22.4 Å². The maximum Gasteiger partial charge on any atom is 0.224 e. The van der Waals surface area contributed by atoms with Crippen LogP contribution in [0.1, 0.15) is 21.7 Å². The summed E-state index contributed by atoms with van der Waals surface area (Å²) >= 11 is 1.62. The molecule has 0 unspecified atom stereocenters. The van der Waals surface area contributed by atoms with Gasteiger partial charge in [-0.05, 0) is 28.8 Å². The van der Waals surface area contributed by atoms with Crippen molar-refractivity contribution >= 4 is 27.5 Å². The summed E-state index contributed by atoms with van der Waals surface area (Å²) in [6, 6.07) is 14.1. The Hall–Kier alpha value is -2.24. The van der Waals surface area contributed by atoms with Crippen molar-refractivity contribution in [2.75, 3.05) is 0 Å². The van der Waals surface area contributed by atoms with Crippen molar-refractivity contribution < 1.29 is 9.53 Å². The zero-order valence-corrected chi connectivity index (χ0v) is 13.4. The van der Waals surface area contributed by atoms with Crippen LogP contribution in [0.15, 0.2) is 42.5 Å². The molecule has 0 spiro atoms. The molecule has 116 valence electrons. The highest BCUT2D eigenvalue weighted by atomic mass is 32.1. The first-order valence-electron chi connectivity index (χ1n) is 7.57. The molecule has 4 rings (SSSR count). The number of para-hydroxylation sites is 1. The fourth-order valence-electron chi connectivity index (χ4n) is 2.75. The molecule has 1 aromatic heterocycles. The van der Waals surface area contributed by atoms with Gasteiger partial charge >= 0.3 is 0 Å². The fourth-order valence-corrected chi connectivity index (χ4v) is 3.66. The number of nitrogens with zero attached hydrogens (tertiary/aromatic N) is 1. The standard InChI is InChI=1S/C18H16N2O2S/c21-17(8-12-5-6-13-10-22-11-14(13)7-12)19-9-18-20-15-3-1-2-4-16(15)23-18/h1-7H,8-11H2,(H,19,21). The van der Waals surface area contributed by atoms with Gasteiger partial charge in [0.15, 0.2) is 0 Å². The van der Waals surface area contributed by atoms with Crippen molar-refractivity contribution in [1.29, 1.82) is 0 Å². The lowest BCUT2D eigenvalue weighted by atomic mass is 10.0. The van der Waals surface area contributed by atoms with Gasteiger partial charge in [-0.2, -0.15) is 0 Å². The van der Waals surface area contributed by atoms with E-state index in [0.717, 1.165) is 20.8 Å². The molecule has 0 fully saturated rings. The summed E-state index contributed by atoms with van der Waals surface area (Å²) in [7, 11) is 0. The number of hydrogen-bond acceptors (Lipinski definition) is 4. The van der Waals surface area contributed by atoms with Crippen molar-refractivity contribution in [3.8, 4) is 0 Å². The van der Waals surface area contributed by atoms with Gasteiger partial charge in [-0.1, -0.05) is 30.3 Å². The van der Waals surface area contributed by atoms with Gasteiger partial charge in [0.1, 0.15) is 5.01 Å². The van der Waals surface area contributed by atoms with Gasteiger partial charge in [-0.15, -0.1) is 11.3 Å². The highest BCUT2D eigenvalue weighted by Gasteiger charge is 2.13. The number of carbonyl (C=O) groups is 1. The largest absolute Gasteiger partial charge is 0.372 e. The molecule has 4 nitrogen and oxygen atoms in total. The van der Waals surface area contributed by atoms with E-state index in [0.29, 0.717) is 26.2 Å². The Morgan fingerprint density at radius 1 is 1.17 bits per heavy atom. The number of amides is 1. The molecular weight excluding hydrogens is 308 g/mol. The van der Waals surface area contributed by atoms with E-state index >= 15 is 0 Å². The monoisotopic (exact) mass is 324 g/mol. The molecule has 1 amide bonds. The van der Waals surface area contributed by atoms with Crippen LogP contribution in [-0.4, -0.2) is 10.9 Å². The number of aromatic nitrogens is 1. The van der Waals surface area contributed by atoms with E-state index in [-0.39, 0.29) is 5.91 Å². The second-order valence-electron chi connectivity index (χ2n) is 5.62. The number of ether oxygens (including phenoxy) is 1. The Morgan fingerprint density at radius 3 is 2.96 bits per heavy atom. The third-order valence-corrected chi connectivity index (χ3v) is 4.96. The van der Waals surface area contributed by atoms with Crippen LogP contribution in [0.2, 0.25) is 0 Å². The van der Waals surface area contributed by atoms with Gasteiger partial charge in [-0.3, -0.25) is 4.79 Å². The van der Waals surface area contributed by atoms with Crippen LogP contribution in [0.25, 0.3) is 10.2 Å². The van der Waals surface area contributed by atoms with Crippen molar-refractivity contribution in [2.45, 2.75) is 26.2 Å². The van der Waals surface area contributed by atoms with E-state index in [1.165, 1.54) is 11.1 Å². The highest BCUT2D eigenvalue weighted by molar-refractivity contribution is 7.18. The lowest BCUT2D eigenvalue weighted by Gasteiger charge is -2.05. The Morgan fingerprint density at radius 2 is 2.04 bits per heavy atom. The van der Waals surface area contributed by atoms with Gasteiger partial charge in [-0.25, -0.2) is 4.98 Å². The summed E-state index contributed by atoms with van der Waals surface area (Å²) < 4.78 is 6.55. The van der Waals surface area contributed by atoms with Gasteiger partial charge in [0, 0.05) is 0 Å². The minimum Gasteiger partial charge on any atom is -0.372 e. The van der Waals surface area contributed by atoms with Crippen LogP contribution >= 0.6 is 11.3 Å². The quantitative estimate of drug-likeness (QED) is 0.802. The predicted molar refractivity (Wildman–Crippen MR) is 90.1 cm³/mol. The zero-order chi connectivity index (χ0) is 15.6. The van der Waals surface area contributed by atoms with Gasteiger partial charge in [0.2, 0.25) is 5.91 Å². The van der Waals surface area contributed by atoms with E-state index in [4.69, 9.17) is 4.74 Å². The molecule has 3 aromatic rings. The smallest absolute Gasteiger partial charge is 0.224 e. The Kier molecular flexibility index (Phi) is 3.81. The molecule has 5 heteroatoms. The molecule has 1 aliphatic heterocycles. The van der Waals surface area contributed by atoms with Gasteiger partial charge in [0.05, 0.1) is 36.4 Å². The molecule has 1 aliphatic rings. The minimum absolute atomic E-state index is 0.0168. The first-order valence-corrected chi connectivity index (χ1v) is 8.39. The van der Waals surface area contributed by atoms with Crippen molar-refractivity contribution in [3.63, 3.8) is 0 Å². The SMILES string of the molecule is O=C(Cc1ccc2c(c1)COC2)NCc1nc2ccccc2s1. The molecule has 1 N–H and O–H groups in total. The molecule has 0 aliphatic carbocycles. The second-order valence-corrected chi connectivity index (χ2v) is 6.74. The van der Waals surface area contributed by atoms with Crippen LogP contribution < -0.4 is 5.32 Å². The molecule has 0 saturated carbocycles. The third-order valence-electron chi connectivity index (χ3n) is 3.93. The second kappa shape index (κ2) is 6.10. The summed E-state index contributed by atoms with van der Waals surface area (Å²) in [6.07, 6.45) is 0.387. The maximum atomic E-state index is 12.1. The molecule has 0 saturated heterocycles. The number of hydrogen-bond donors (Lipinski definition) is 1. The number of fused-ring (bicyclic) bond motifs is 2. The van der Waals surface area contributed by atoms with Gasteiger partial charge < -0.3 is 10.1 Å². The number of benzene rings is 2. The molecule has 23 heavy (non-hydrogen) atoms. The first-order chi connectivity index (χ1) is 11.3. The van der Waals surface area contributed by atoms with Gasteiger partial charge in [0.25, 0.3) is 0 Å². The summed E-state index contributed by atoms with van der Waals surface area (Å²) in [6.45, 7) is 1.81. The van der Waals surface area contributed by atoms with E-state index in [1.807, 2.05) is 30.3 Å². The van der Waals surface area contributed by atoms with Crippen LogP contribution in [0.3, 0.4) is 0 Å².